The molecule has 0 unspecified atom stereocenters. The Morgan fingerprint density at radius 2 is 2.09 bits per heavy atom. The Morgan fingerprint density at radius 3 is 2.68 bits per heavy atom. The maximum atomic E-state index is 13.8. The molecule has 0 saturated carbocycles. The van der Waals surface area contributed by atoms with Crippen LogP contribution in [-0.2, 0) is 4.79 Å². The first-order chi connectivity index (χ1) is 10.5. The predicted octanol–water partition coefficient (Wildman–Crippen LogP) is 3.91. The first kappa shape index (κ1) is 16.1. The summed E-state index contributed by atoms with van der Waals surface area (Å²) in [6.45, 7) is 4.13. The van der Waals surface area contributed by atoms with Gasteiger partial charge in [-0.1, -0.05) is 13.0 Å². The van der Waals surface area contributed by atoms with Gasteiger partial charge in [-0.05, 0) is 36.6 Å². The van der Waals surface area contributed by atoms with Gasteiger partial charge in [0.1, 0.15) is 11.6 Å². The minimum atomic E-state index is -0.621. The number of hydrogen-bond acceptors (Lipinski definition) is 2. The van der Waals surface area contributed by atoms with Gasteiger partial charge >= 0.3 is 0 Å². The number of carbonyl (C=O) groups excluding carboxylic acids is 1. The van der Waals surface area contributed by atoms with Crippen molar-refractivity contribution in [1.82, 2.24) is 4.98 Å². The molecule has 0 radical (unpaired) electrons. The van der Waals surface area contributed by atoms with Crippen molar-refractivity contribution < 1.29 is 13.6 Å². The maximum absolute atomic E-state index is 13.8. The normalized spacial score (nSPS) is 12.0. The molecule has 3 nitrogen and oxygen atoms in total. The molecule has 1 aromatic carbocycles. The molecule has 1 atom stereocenters. The molecule has 0 saturated heterocycles. The molecule has 1 amide bonds. The summed E-state index contributed by atoms with van der Waals surface area (Å²) in [6, 6.07) is 7.00. The molecule has 2 rings (SSSR count). The molecule has 116 valence electrons. The Labute approximate surface area is 128 Å². The van der Waals surface area contributed by atoms with Crippen molar-refractivity contribution >= 4 is 11.6 Å². The molecule has 0 aliphatic carbocycles. The third-order valence-corrected chi connectivity index (χ3v) is 3.55. The van der Waals surface area contributed by atoms with Crippen molar-refractivity contribution in [2.75, 3.05) is 11.4 Å². The standard InChI is InChI=1S/C17H18F2N2O/c1-3-21(14-5-4-8-20-11-14)17(22)9-12(2)15-7-6-13(18)10-16(15)19/h4-8,10-12H,3,9H2,1-2H3/t12-/m0/s1. The molecule has 5 heteroatoms. The molecule has 0 fully saturated rings. The van der Waals surface area contributed by atoms with E-state index in [1.165, 1.54) is 12.1 Å². The summed E-state index contributed by atoms with van der Waals surface area (Å²) < 4.78 is 26.7. The minimum Gasteiger partial charge on any atom is -0.311 e. The maximum Gasteiger partial charge on any atom is 0.227 e. The van der Waals surface area contributed by atoms with Crippen molar-refractivity contribution in [3.63, 3.8) is 0 Å². The zero-order chi connectivity index (χ0) is 16.1. The highest BCUT2D eigenvalue weighted by atomic mass is 19.1. The number of halogens is 2. The summed E-state index contributed by atoms with van der Waals surface area (Å²) >= 11 is 0. The van der Waals surface area contributed by atoms with Crippen LogP contribution < -0.4 is 4.90 Å². The fourth-order valence-electron chi connectivity index (χ4n) is 2.40. The van der Waals surface area contributed by atoms with Crippen LogP contribution in [-0.4, -0.2) is 17.4 Å². The van der Waals surface area contributed by atoms with E-state index in [2.05, 4.69) is 4.98 Å². The number of aromatic nitrogens is 1. The molecular weight excluding hydrogens is 286 g/mol. The van der Waals surface area contributed by atoms with Crippen molar-refractivity contribution in [1.29, 1.82) is 0 Å². The Balaban J connectivity index is 2.13. The second kappa shape index (κ2) is 7.11. The van der Waals surface area contributed by atoms with E-state index >= 15 is 0 Å². The summed E-state index contributed by atoms with van der Waals surface area (Å²) in [5.41, 5.74) is 1.05. The molecule has 0 spiro atoms. The number of rotatable bonds is 5. The van der Waals surface area contributed by atoms with Gasteiger partial charge in [0.2, 0.25) is 5.91 Å². The van der Waals surface area contributed by atoms with Gasteiger partial charge in [-0.25, -0.2) is 8.78 Å². The van der Waals surface area contributed by atoms with Crippen molar-refractivity contribution in [2.24, 2.45) is 0 Å². The molecule has 0 aliphatic heterocycles. The number of nitrogens with zero attached hydrogens (tertiary/aromatic N) is 2. The van der Waals surface area contributed by atoms with Crippen LogP contribution in [0.2, 0.25) is 0 Å². The van der Waals surface area contributed by atoms with Crippen LogP contribution in [0.4, 0.5) is 14.5 Å². The van der Waals surface area contributed by atoms with Crippen LogP contribution in [0.25, 0.3) is 0 Å². The average Bonchev–Trinajstić information content (AvgIpc) is 2.48. The molecule has 22 heavy (non-hydrogen) atoms. The summed E-state index contributed by atoms with van der Waals surface area (Å²) in [4.78, 5) is 18.0. The smallest absolute Gasteiger partial charge is 0.227 e. The summed E-state index contributed by atoms with van der Waals surface area (Å²) in [5.74, 6) is -1.69. The monoisotopic (exact) mass is 304 g/mol. The second-order valence-corrected chi connectivity index (χ2v) is 5.12. The second-order valence-electron chi connectivity index (χ2n) is 5.12. The lowest BCUT2D eigenvalue weighted by atomic mass is 9.96. The lowest BCUT2D eigenvalue weighted by molar-refractivity contribution is -0.118. The van der Waals surface area contributed by atoms with Crippen LogP contribution in [0.15, 0.2) is 42.7 Å². The largest absolute Gasteiger partial charge is 0.311 e. The fraction of sp³-hybridized carbons (Fsp3) is 0.294. The van der Waals surface area contributed by atoms with E-state index < -0.39 is 11.6 Å². The highest BCUT2D eigenvalue weighted by molar-refractivity contribution is 5.93. The molecule has 1 aromatic heterocycles. The highest BCUT2D eigenvalue weighted by Crippen LogP contribution is 2.24. The fourth-order valence-corrected chi connectivity index (χ4v) is 2.40. The minimum absolute atomic E-state index is 0.119. The van der Waals surface area contributed by atoms with E-state index in [0.29, 0.717) is 17.8 Å². The van der Waals surface area contributed by atoms with Gasteiger partial charge in [-0.2, -0.15) is 0 Å². The van der Waals surface area contributed by atoms with E-state index in [4.69, 9.17) is 0 Å². The Morgan fingerprint density at radius 1 is 1.32 bits per heavy atom. The number of amides is 1. The van der Waals surface area contributed by atoms with Gasteiger partial charge in [-0.15, -0.1) is 0 Å². The third kappa shape index (κ3) is 3.67. The molecule has 1 heterocycles. The third-order valence-electron chi connectivity index (χ3n) is 3.55. The first-order valence-electron chi connectivity index (χ1n) is 7.18. The lowest BCUT2D eigenvalue weighted by Crippen LogP contribution is -2.31. The van der Waals surface area contributed by atoms with E-state index in [1.54, 1.807) is 36.4 Å². The Hall–Kier alpha value is -2.30. The summed E-state index contributed by atoms with van der Waals surface area (Å²) in [6.07, 6.45) is 3.40. The number of carbonyl (C=O) groups is 1. The average molecular weight is 304 g/mol. The van der Waals surface area contributed by atoms with Gasteiger partial charge < -0.3 is 4.90 Å². The van der Waals surface area contributed by atoms with Crippen LogP contribution in [0.1, 0.15) is 31.7 Å². The first-order valence-corrected chi connectivity index (χ1v) is 7.18. The lowest BCUT2D eigenvalue weighted by Gasteiger charge is -2.22. The van der Waals surface area contributed by atoms with Crippen LogP contribution in [0, 0.1) is 11.6 Å². The van der Waals surface area contributed by atoms with Crippen LogP contribution >= 0.6 is 0 Å². The van der Waals surface area contributed by atoms with E-state index in [9.17, 15) is 13.6 Å². The Bertz CT molecular complexity index is 646. The van der Waals surface area contributed by atoms with Gasteiger partial charge in [0.25, 0.3) is 0 Å². The van der Waals surface area contributed by atoms with Crippen molar-refractivity contribution in [3.8, 4) is 0 Å². The van der Waals surface area contributed by atoms with Crippen molar-refractivity contribution in [2.45, 2.75) is 26.2 Å². The number of benzene rings is 1. The van der Waals surface area contributed by atoms with E-state index in [0.717, 1.165) is 6.07 Å². The molecule has 2 aromatic rings. The number of pyridine rings is 1. The topological polar surface area (TPSA) is 33.2 Å². The van der Waals surface area contributed by atoms with Crippen molar-refractivity contribution in [3.05, 3.63) is 59.9 Å². The predicted molar refractivity (Wildman–Crippen MR) is 81.7 cm³/mol. The van der Waals surface area contributed by atoms with Gasteiger partial charge in [0.15, 0.2) is 0 Å². The molecule has 0 bridgehead atoms. The molecular formula is C17H18F2N2O. The van der Waals surface area contributed by atoms with E-state index in [1.807, 2.05) is 6.92 Å². The Kier molecular flexibility index (Phi) is 5.20. The van der Waals surface area contributed by atoms with Crippen LogP contribution in [0.3, 0.4) is 0 Å². The number of anilines is 1. The molecule has 0 N–H and O–H groups in total. The molecule has 0 aliphatic rings. The van der Waals surface area contributed by atoms with Crippen LogP contribution in [0.5, 0.6) is 0 Å². The summed E-state index contributed by atoms with van der Waals surface area (Å²) in [5, 5.41) is 0. The quantitative estimate of drug-likeness (QED) is 0.839. The zero-order valence-corrected chi connectivity index (χ0v) is 12.6. The SMILES string of the molecule is CCN(C(=O)C[C@H](C)c1ccc(F)cc1F)c1cccnc1. The van der Waals surface area contributed by atoms with Gasteiger partial charge in [-0.3, -0.25) is 9.78 Å². The van der Waals surface area contributed by atoms with Gasteiger partial charge in [0, 0.05) is 25.2 Å². The van der Waals surface area contributed by atoms with E-state index in [-0.39, 0.29) is 18.2 Å². The highest BCUT2D eigenvalue weighted by Gasteiger charge is 2.20. The summed E-state index contributed by atoms with van der Waals surface area (Å²) in [7, 11) is 0. The van der Waals surface area contributed by atoms with Gasteiger partial charge in [0.05, 0.1) is 11.9 Å². The number of hydrogen-bond donors (Lipinski definition) is 0. The zero-order valence-electron chi connectivity index (χ0n) is 12.6.